The first-order chi connectivity index (χ1) is 10.1. The van der Waals surface area contributed by atoms with Crippen molar-refractivity contribution < 1.29 is 4.79 Å². The average Bonchev–Trinajstić information content (AvgIpc) is 2.84. The maximum atomic E-state index is 11.6. The molecule has 0 spiro atoms. The Labute approximate surface area is 123 Å². The van der Waals surface area contributed by atoms with Gasteiger partial charge < -0.3 is 10.6 Å². The van der Waals surface area contributed by atoms with Gasteiger partial charge in [0.1, 0.15) is 6.04 Å². The number of hydrogen-bond donors (Lipinski definition) is 2. The Kier molecular flexibility index (Phi) is 3.51. The summed E-state index contributed by atoms with van der Waals surface area (Å²) in [5.41, 5.74) is 3.68. The molecule has 2 N–H and O–H groups in total. The van der Waals surface area contributed by atoms with Gasteiger partial charge in [0.25, 0.3) is 0 Å². The fourth-order valence-electron chi connectivity index (χ4n) is 2.42. The standard InChI is InChI=1S/C15H17N5O/c1-9-3-4-11(10(2)18-9)12-5-8-17-15(19-12)20-13-6-7-16-14(13)21/h3-5,8,13H,6-7H2,1-2H3,(H,16,21)(H,17,19,20). The van der Waals surface area contributed by atoms with Crippen LogP contribution in [0.15, 0.2) is 24.4 Å². The second-order valence-electron chi connectivity index (χ2n) is 5.13. The van der Waals surface area contributed by atoms with Crippen molar-refractivity contribution >= 4 is 11.9 Å². The summed E-state index contributed by atoms with van der Waals surface area (Å²) in [5, 5.41) is 5.86. The topological polar surface area (TPSA) is 79.8 Å². The number of anilines is 1. The first-order valence-corrected chi connectivity index (χ1v) is 6.95. The lowest BCUT2D eigenvalue weighted by Gasteiger charge is -2.11. The lowest BCUT2D eigenvalue weighted by atomic mass is 10.1. The van der Waals surface area contributed by atoms with Crippen LogP contribution in [-0.4, -0.2) is 33.4 Å². The number of aryl methyl sites for hydroxylation is 2. The van der Waals surface area contributed by atoms with Crippen LogP contribution in [0.1, 0.15) is 17.8 Å². The zero-order chi connectivity index (χ0) is 14.8. The van der Waals surface area contributed by atoms with Crippen LogP contribution >= 0.6 is 0 Å². The van der Waals surface area contributed by atoms with E-state index in [1.54, 1.807) is 6.20 Å². The number of hydrogen-bond acceptors (Lipinski definition) is 5. The van der Waals surface area contributed by atoms with Gasteiger partial charge >= 0.3 is 0 Å². The molecule has 6 heteroatoms. The van der Waals surface area contributed by atoms with Crippen LogP contribution < -0.4 is 10.6 Å². The summed E-state index contributed by atoms with van der Waals surface area (Å²) in [6, 6.07) is 5.56. The van der Waals surface area contributed by atoms with E-state index < -0.39 is 0 Å². The molecule has 21 heavy (non-hydrogen) atoms. The van der Waals surface area contributed by atoms with Crippen molar-refractivity contribution in [2.75, 3.05) is 11.9 Å². The van der Waals surface area contributed by atoms with Gasteiger partial charge in [-0.1, -0.05) is 0 Å². The lowest BCUT2D eigenvalue weighted by Crippen LogP contribution is -2.30. The SMILES string of the molecule is Cc1ccc(-c2ccnc(NC3CCNC3=O)n2)c(C)n1. The minimum Gasteiger partial charge on any atom is -0.354 e. The number of nitrogens with one attached hydrogen (secondary N) is 2. The van der Waals surface area contributed by atoms with E-state index in [4.69, 9.17) is 0 Å². The Morgan fingerprint density at radius 1 is 1.24 bits per heavy atom. The Morgan fingerprint density at radius 3 is 2.81 bits per heavy atom. The predicted octanol–water partition coefficient (Wildman–Crippen LogP) is 1.46. The Balaban J connectivity index is 1.87. The Hall–Kier alpha value is -2.50. The largest absolute Gasteiger partial charge is 0.354 e. The highest BCUT2D eigenvalue weighted by Crippen LogP contribution is 2.21. The Morgan fingerprint density at radius 2 is 2.10 bits per heavy atom. The highest BCUT2D eigenvalue weighted by molar-refractivity contribution is 5.86. The normalized spacial score (nSPS) is 17.6. The molecule has 2 aromatic rings. The van der Waals surface area contributed by atoms with Crippen LogP contribution in [0.25, 0.3) is 11.3 Å². The number of pyridine rings is 1. The number of carbonyl (C=O) groups is 1. The van der Waals surface area contributed by atoms with Gasteiger partial charge in [-0.25, -0.2) is 9.97 Å². The molecule has 3 rings (SSSR count). The van der Waals surface area contributed by atoms with Gasteiger partial charge in [0.15, 0.2) is 0 Å². The molecule has 0 aliphatic carbocycles. The van der Waals surface area contributed by atoms with Crippen molar-refractivity contribution in [3.05, 3.63) is 35.8 Å². The predicted molar refractivity (Wildman–Crippen MR) is 79.8 cm³/mol. The van der Waals surface area contributed by atoms with Crippen LogP contribution in [0.3, 0.4) is 0 Å². The molecule has 1 saturated heterocycles. The van der Waals surface area contributed by atoms with Gasteiger partial charge in [0, 0.05) is 29.7 Å². The second kappa shape index (κ2) is 5.47. The maximum Gasteiger partial charge on any atom is 0.242 e. The number of carbonyl (C=O) groups excluding carboxylic acids is 1. The van der Waals surface area contributed by atoms with Crippen molar-refractivity contribution in [2.45, 2.75) is 26.3 Å². The molecule has 1 amide bonds. The third-order valence-corrected chi connectivity index (χ3v) is 3.51. The van der Waals surface area contributed by atoms with Crippen molar-refractivity contribution in [1.29, 1.82) is 0 Å². The van der Waals surface area contributed by atoms with Crippen LogP contribution in [-0.2, 0) is 4.79 Å². The monoisotopic (exact) mass is 283 g/mol. The molecule has 108 valence electrons. The van der Waals surface area contributed by atoms with E-state index in [-0.39, 0.29) is 11.9 Å². The third kappa shape index (κ3) is 2.84. The van der Waals surface area contributed by atoms with Crippen LogP contribution in [0.2, 0.25) is 0 Å². The van der Waals surface area contributed by atoms with E-state index in [1.165, 1.54) is 0 Å². The molecule has 2 aromatic heterocycles. The maximum absolute atomic E-state index is 11.6. The molecule has 1 aliphatic rings. The first kappa shape index (κ1) is 13.5. The molecule has 0 radical (unpaired) electrons. The van der Waals surface area contributed by atoms with Crippen molar-refractivity contribution in [2.24, 2.45) is 0 Å². The van der Waals surface area contributed by atoms with E-state index in [0.717, 1.165) is 29.1 Å². The third-order valence-electron chi connectivity index (χ3n) is 3.51. The molecular formula is C15H17N5O. The van der Waals surface area contributed by atoms with Gasteiger partial charge in [-0.3, -0.25) is 9.78 Å². The number of amides is 1. The van der Waals surface area contributed by atoms with Crippen LogP contribution in [0.4, 0.5) is 5.95 Å². The highest BCUT2D eigenvalue weighted by atomic mass is 16.2. The molecule has 3 heterocycles. The number of rotatable bonds is 3. The van der Waals surface area contributed by atoms with Gasteiger partial charge in [0.2, 0.25) is 11.9 Å². The summed E-state index contributed by atoms with van der Waals surface area (Å²) in [5.74, 6) is 0.465. The zero-order valence-electron chi connectivity index (χ0n) is 12.1. The molecular weight excluding hydrogens is 266 g/mol. The molecule has 6 nitrogen and oxygen atoms in total. The van der Waals surface area contributed by atoms with Crippen molar-refractivity contribution in [1.82, 2.24) is 20.3 Å². The Bertz CT molecular complexity index is 686. The molecule has 1 unspecified atom stereocenters. The minimum absolute atomic E-state index is 0.00261. The van der Waals surface area contributed by atoms with Crippen LogP contribution in [0.5, 0.6) is 0 Å². The summed E-state index contributed by atoms with van der Waals surface area (Å²) in [6.45, 7) is 4.61. The highest BCUT2D eigenvalue weighted by Gasteiger charge is 2.24. The summed E-state index contributed by atoms with van der Waals surface area (Å²) < 4.78 is 0. The molecule has 1 fully saturated rings. The fraction of sp³-hybridized carbons (Fsp3) is 0.333. The zero-order valence-corrected chi connectivity index (χ0v) is 12.1. The van der Waals surface area contributed by atoms with Gasteiger partial charge in [-0.15, -0.1) is 0 Å². The molecule has 0 aromatic carbocycles. The minimum atomic E-state index is -0.252. The molecule has 1 aliphatic heterocycles. The van der Waals surface area contributed by atoms with Crippen molar-refractivity contribution in [3.8, 4) is 11.3 Å². The van der Waals surface area contributed by atoms with Gasteiger partial charge in [0.05, 0.1) is 5.69 Å². The van der Waals surface area contributed by atoms with E-state index in [1.807, 2.05) is 32.0 Å². The van der Waals surface area contributed by atoms with E-state index in [2.05, 4.69) is 25.6 Å². The van der Waals surface area contributed by atoms with Crippen LogP contribution in [0, 0.1) is 13.8 Å². The molecule has 1 atom stereocenters. The van der Waals surface area contributed by atoms with E-state index in [0.29, 0.717) is 12.5 Å². The smallest absolute Gasteiger partial charge is 0.242 e. The second-order valence-corrected chi connectivity index (χ2v) is 5.13. The first-order valence-electron chi connectivity index (χ1n) is 6.95. The number of nitrogens with zero attached hydrogens (tertiary/aromatic N) is 3. The molecule has 0 bridgehead atoms. The van der Waals surface area contributed by atoms with Crippen molar-refractivity contribution in [3.63, 3.8) is 0 Å². The van der Waals surface area contributed by atoms with Gasteiger partial charge in [-0.2, -0.15) is 0 Å². The summed E-state index contributed by atoms with van der Waals surface area (Å²) in [7, 11) is 0. The summed E-state index contributed by atoms with van der Waals surface area (Å²) >= 11 is 0. The van der Waals surface area contributed by atoms with Gasteiger partial charge in [-0.05, 0) is 38.5 Å². The lowest BCUT2D eigenvalue weighted by molar-refractivity contribution is -0.119. The summed E-state index contributed by atoms with van der Waals surface area (Å²) in [6.07, 6.45) is 2.44. The fourth-order valence-corrected chi connectivity index (χ4v) is 2.42. The average molecular weight is 283 g/mol. The van der Waals surface area contributed by atoms with E-state index in [9.17, 15) is 4.79 Å². The quantitative estimate of drug-likeness (QED) is 0.891. The molecule has 0 saturated carbocycles. The van der Waals surface area contributed by atoms with E-state index >= 15 is 0 Å². The summed E-state index contributed by atoms with van der Waals surface area (Å²) in [4.78, 5) is 24.7. The number of aromatic nitrogens is 3.